The quantitative estimate of drug-likeness (QED) is 0.402. The summed E-state index contributed by atoms with van der Waals surface area (Å²) in [5.41, 5.74) is 0. The summed E-state index contributed by atoms with van der Waals surface area (Å²) in [6.07, 6.45) is -0.617. The lowest BCUT2D eigenvalue weighted by atomic mass is 10.0. The van der Waals surface area contributed by atoms with Crippen molar-refractivity contribution in [1.29, 1.82) is 0 Å². The van der Waals surface area contributed by atoms with Gasteiger partial charge < -0.3 is 14.6 Å². The minimum Gasteiger partial charge on any atom is -0.550 e. The van der Waals surface area contributed by atoms with Crippen molar-refractivity contribution in [3.8, 4) is 0 Å². The van der Waals surface area contributed by atoms with E-state index in [1.165, 1.54) is 0 Å². The summed E-state index contributed by atoms with van der Waals surface area (Å²) in [5.74, 6) is -4.00. The maximum atomic E-state index is 11.0. The summed E-state index contributed by atoms with van der Waals surface area (Å²) < 4.78 is 4.52. The molecule has 13 heavy (non-hydrogen) atoms. The fraction of sp³-hybridized carbons (Fsp3) is 0.625. The highest BCUT2D eigenvalue weighted by Crippen LogP contribution is 2.06. The molecule has 0 amide bonds. The lowest BCUT2D eigenvalue weighted by Gasteiger charge is -2.12. The van der Waals surface area contributed by atoms with Crippen molar-refractivity contribution < 1.29 is 24.2 Å². The molecule has 0 N–H and O–H groups in total. The summed E-state index contributed by atoms with van der Waals surface area (Å²) in [4.78, 5) is 31.9. The molecule has 1 unspecified atom stereocenters. The van der Waals surface area contributed by atoms with Crippen LogP contribution in [0.15, 0.2) is 0 Å². The van der Waals surface area contributed by atoms with E-state index in [4.69, 9.17) is 0 Å². The van der Waals surface area contributed by atoms with E-state index in [-0.39, 0.29) is 6.61 Å². The first-order chi connectivity index (χ1) is 5.99. The zero-order chi connectivity index (χ0) is 10.4. The van der Waals surface area contributed by atoms with E-state index in [2.05, 4.69) is 4.74 Å². The molecule has 0 aromatic rings. The van der Waals surface area contributed by atoms with Gasteiger partial charge in [0.2, 0.25) is 0 Å². The molecule has 0 saturated carbocycles. The molecule has 0 heterocycles. The minimum absolute atomic E-state index is 0.121. The highest BCUT2D eigenvalue weighted by atomic mass is 16.5. The fourth-order valence-corrected chi connectivity index (χ4v) is 0.803. The van der Waals surface area contributed by atoms with Crippen molar-refractivity contribution in [1.82, 2.24) is 0 Å². The van der Waals surface area contributed by atoms with Crippen LogP contribution in [0, 0.1) is 5.92 Å². The van der Waals surface area contributed by atoms with Crippen LogP contribution >= 0.6 is 0 Å². The van der Waals surface area contributed by atoms with Gasteiger partial charge in [-0.15, -0.1) is 0 Å². The molecule has 5 nitrogen and oxygen atoms in total. The van der Waals surface area contributed by atoms with Gasteiger partial charge in [-0.3, -0.25) is 9.59 Å². The number of Topliss-reactive ketones (excluding diaryl/α,β-unsaturated/α-hetero) is 1. The predicted molar refractivity (Wildman–Crippen MR) is 40.4 cm³/mol. The van der Waals surface area contributed by atoms with Gasteiger partial charge in [-0.1, -0.05) is 0 Å². The third kappa shape index (κ3) is 4.25. The Labute approximate surface area is 75.7 Å². The molecule has 0 aromatic carbocycles. The van der Waals surface area contributed by atoms with Gasteiger partial charge in [0.15, 0.2) is 0 Å². The van der Waals surface area contributed by atoms with E-state index >= 15 is 0 Å². The molecule has 0 radical (unpaired) electrons. The van der Waals surface area contributed by atoms with E-state index in [0.29, 0.717) is 0 Å². The molecule has 0 saturated heterocycles. The first kappa shape index (κ1) is 11.6. The molecule has 0 aromatic heterocycles. The van der Waals surface area contributed by atoms with Gasteiger partial charge in [-0.05, 0) is 13.8 Å². The molecule has 0 fully saturated rings. The Morgan fingerprint density at radius 1 is 1.38 bits per heavy atom. The van der Waals surface area contributed by atoms with Crippen LogP contribution in [0.1, 0.15) is 20.3 Å². The Balaban J connectivity index is 4.32. The molecule has 0 aliphatic carbocycles. The topological polar surface area (TPSA) is 83.5 Å². The third-order valence-corrected chi connectivity index (χ3v) is 1.43. The Bertz CT molecular complexity index is 221. The number of esters is 1. The molecular weight excluding hydrogens is 176 g/mol. The SMILES string of the molecule is CCOC(=O)C(CC(=O)[O-])C(C)=O. The summed E-state index contributed by atoms with van der Waals surface area (Å²) in [5, 5.41) is 10.2. The van der Waals surface area contributed by atoms with Crippen LogP contribution < -0.4 is 5.11 Å². The first-order valence-corrected chi connectivity index (χ1v) is 3.86. The first-order valence-electron chi connectivity index (χ1n) is 3.86. The number of carbonyl (C=O) groups is 3. The van der Waals surface area contributed by atoms with Gasteiger partial charge in [0.1, 0.15) is 11.7 Å². The lowest BCUT2D eigenvalue weighted by Crippen LogP contribution is -2.33. The van der Waals surface area contributed by atoms with Crippen molar-refractivity contribution in [2.75, 3.05) is 6.61 Å². The van der Waals surface area contributed by atoms with Gasteiger partial charge >= 0.3 is 5.97 Å². The second kappa shape index (κ2) is 5.29. The Morgan fingerprint density at radius 2 is 1.92 bits per heavy atom. The molecule has 1 atom stereocenters. The average Bonchev–Trinajstić information content (AvgIpc) is 1.99. The van der Waals surface area contributed by atoms with Gasteiger partial charge in [0, 0.05) is 12.4 Å². The maximum absolute atomic E-state index is 11.0. The summed E-state index contributed by atoms with van der Waals surface area (Å²) >= 11 is 0. The van der Waals surface area contributed by atoms with Crippen LogP contribution in [-0.4, -0.2) is 24.3 Å². The summed E-state index contributed by atoms with van der Waals surface area (Å²) in [6, 6.07) is 0. The van der Waals surface area contributed by atoms with E-state index in [1.807, 2.05) is 0 Å². The van der Waals surface area contributed by atoms with Crippen molar-refractivity contribution in [3.05, 3.63) is 0 Å². The van der Waals surface area contributed by atoms with Gasteiger partial charge in [0.05, 0.1) is 6.61 Å². The van der Waals surface area contributed by atoms with Gasteiger partial charge in [-0.25, -0.2) is 0 Å². The van der Waals surface area contributed by atoms with Crippen LogP contribution in [-0.2, 0) is 19.1 Å². The predicted octanol–water partition coefficient (Wildman–Crippen LogP) is -1.11. The molecule has 5 heteroatoms. The fourth-order valence-electron chi connectivity index (χ4n) is 0.803. The van der Waals surface area contributed by atoms with E-state index in [0.717, 1.165) is 6.92 Å². The van der Waals surface area contributed by atoms with E-state index < -0.39 is 30.1 Å². The average molecular weight is 187 g/mol. The number of hydrogen-bond donors (Lipinski definition) is 0. The zero-order valence-corrected chi connectivity index (χ0v) is 7.53. The second-order valence-corrected chi connectivity index (χ2v) is 2.49. The number of rotatable bonds is 5. The van der Waals surface area contributed by atoms with Gasteiger partial charge in [0.25, 0.3) is 0 Å². The number of carboxylic acids is 1. The Hall–Kier alpha value is -1.39. The number of carboxylic acid groups (broad SMARTS) is 1. The maximum Gasteiger partial charge on any atom is 0.316 e. The van der Waals surface area contributed by atoms with Crippen molar-refractivity contribution in [3.63, 3.8) is 0 Å². The minimum atomic E-state index is -1.44. The molecule has 0 rings (SSSR count). The monoisotopic (exact) mass is 187 g/mol. The summed E-state index contributed by atoms with van der Waals surface area (Å²) in [6.45, 7) is 2.84. The van der Waals surface area contributed by atoms with Crippen molar-refractivity contribution >= 4 is 17.7 Å². The zero-order valence-electron chi connectivity index (χ0n) is 7.53. The number of carbonyl (C=O) groups excluding carboxylic acids is 3. The van der Waals surface area contributed by atoms with Crippen LogP contribution in [0.4, 0.5) is 0 Å². The van der Waals surface area contributed by atoms with Crippen molar-refractivity contribution in [2.24, 2.45) is 5.92 Å². The number of aliphatic carboxylic acids is 1. The smallest absolute Gasteiger partial charge is 0.316 e. The molecular formula is C8H11O5-. The number of hydrogen-bond acceptors (Lipinski definition) is 5. The van der Waals surface area contributed by atoms with Crippen LogP contribution in [0.25, 0.3) is 0 Å². The normalized spacial score (nSPS) is 11.8. The Morgan fingerprint density at radius 3 is 2.23 bits per heavy atom. The highest BCUT2D eigenvalue weighted by molar-refractivity contribution is 6.00. The van der Waals surface area contributed by atoms with E-state index in [9.17, 15) is 19.5 Å². The van der Waals surface area contributed by atoms with Crippen LogP contribution in [0.3, 0.4) is 0 Å². The molecule has 74 valence electrons. The lowest BCUT2D eigenvalue weighted by molar-refractivity contribution is -0.306. The number of ketones is 1. The second-order valence-electron chi connectivity index (χ2n) is 2.49. The highest BCUT2D eigenvalue weighted by Gasteiger charge is 2.24. The third-order valence-electron chi connectivity index (χ3n) is 1.43. The van der Waals surface area contributed by atoms with Crippen molar-refractivity contribution in [2.45, 2.75) is 20.3 Å². The van der Waals surface area contributed by atoms with Gasteiger partial charge in [-0.2, -0.15) is 0 Å². The summed E-state index contributed by atoms with van der Waals surface area (Å²) in [7, 11) is 0. The molecule has 0 spiro atoms. The molecule has 0 aliphatic heterocycles. The molecule has 0 aliphatic rings. The Kier molecular flexibility index (Phi) is 4.72. The largest absolute Gasteiger partial charge is 0.550 e. The standard InChI is InChI=1S/C8H12O5/c1-3-13-8(12)6(5(2)9)4-7(10)11/h6H,3-4H2,1-2H3,(H,10,11)/p-1. The van der Waals surface area contributed by atoms with Crippen LogP contribution in [0.5, 0.6) is 0 Å². The van der Waals surface area contributed by atoms with Crippen LogP contribution in [0.2, 0.25) is 0 Å². The van der Waals surface area contributed by atoms with E-state index in [1.54, 1.807) is 6.92 Å². The molecule has 0 bridgehead atoms. The number of ether oxygens (including phenoxy) is 1.